The Morgan fingerprint density at radius 1 is 1.33 bits per heavy atom. The van der Waals surface area contributed by atoms with E-state index in [0.29, 0.717) is 0 Å². The van der Waals surface area contributed by atoms with E-state index in [1.807, 2.05) is 0 Å². The number of nitrogens with zero attached hydrogens (tertiary/aromatic N) is 2. The van der Waals surface area contributed by atoms with E-state index in [-0.39, 0.29) is 12.5 Å². The molecule has 0 atom stereocenters. The Hall–Kier alpha value is -0.610. The van der Waals surface area contributed by atoms with Gasteiger partial charge in [0.25, 0.3) is 0 Å². The molecule has 0 saturated carbocycles. The molecule has 4 nitrogen and oxygen atoms in total. The Morgan fingerprint density at radius 3 is 2.33 bits per heavy atom. The van der Waals surface area contributed by atoms with Gasteiger partial charge in [-0.25, -0.2) is 0 Å². The molecule has 1 N–H and O–H groups in total. The van der Waals surface area contributed by atoms with E-state index in [9.17, 15) is 4.79 Å². The number of aliphatic hydroxyl groups excluding tert-OH is 1. The number of aliphatic hydroxyl groups is 1. The number of piperazine rings is 1. The molecular weight excluding hydrogens is 156 g/mol. The van der Waals surface area contributed by atoms with Crippen molar-refractivity contribution in [3.63, 3.8) is 0 Å². The molecule has 0 aromatic heterocycles. The normalized spacial score (nSPS) is 19.7. The standard InChI is InChI=1S/C8H16N2O2/c1-2-9-3-5-10(6-4-9)8(12)7-11/h11H,2-7H2,1H3. The van der Waals surface area contributed by atoms with Crippen LogP contribution in [0.25, 0.3) is 0 Å². The van der Waals surface area contributed by atoms with Gasteiger partial charge in [0.2, 0.25) is 5.91 Å². The van der Waals surface area contributed by atoms with E-state index in [0.717, 1.165) is 32.7 Å². The minimum absolute atomic E-state index is 0.147. The zero-order chi connectivity index (χ0) is 8.97. The van der Waals surface area contributed by atoms with Crippen molar-refractivity contribution in [1.82, 2.24) is 9.80 Å². The summed E-state index contributed by atoms with van der Waals surface area (Å²) in [6.45, 7) is 6.18. The molecule has 1 heterocycles. The summed E-state index contributed by atoms with van der Waals surface area (Å²) < 4.78 is 0. The van der Waals surface area contributed by atoms with Gasteiger partial charge in [0.1, 0.15) is 6.61 Å². The predicted molar refractivity (Wildman–Crippen MR) is 45.8 cm³/mol. The van der Waals surface area contributed by atoms with Crippen molar-refractivity contribution in [3.8, 4) is 0 Å². The second-order valence-electron chi connectivity index (χ2n) is 2.97. The molecule has 0 spiro atoms. The van der Waals surface area contributed by atoms with E-state index >= 15 is 0 Å². The summed E-state index contributed by atoms with van der Waals surface area (Å²) in [6.07, 6.45) is 0. The Kier molecular flexibility index (Phi) is 3.49. The van der Waals surface area contributed by atoms with Crippen LogP contribution in [0.15, 0.2) is 0 Å². The molecule has 1 aliphatic rings. The first kappa shape index (κ1) is 9.48. The van der Waals surface area contributed by atoms with E-state index in [4.69, 9.17) is 5.11 Å². The summed E-state index contributed by atoms with van der Waals surface area (Å²) in [6, 6.07) is 0. The predicted octanol–water partition coefficient (Wildman–Crippen LogP) is -0.857. The number of amides is 1. The van der Waals surface area contributed by atoms with Gasteiger partial charge in [-0.1, -0.05) is 6.92 Å². The van der Waals surface area contributed by atoms with Crippen LogP contribution in [0.4, 0.5) is 0 Å². The monoisotopic (exact) mass is 172 g/mol. The van der Waals surface area contributed by atoms with E-state index in [1.54, 1.807) is 4.90 Å². The molecule has 1 aliphatic heterocycles. The lowest BCUT2D eigenvalue weighted by molar-refractivity contribution is -0.135. The van der Waals surface area contributed by atoms with E-state index in [2.05, 4.69) is 11.8 Å². The molecule has 1 saturated heterocycles. The molecule has 0 aromatic carbocycles. The lowest BCUT2D eigenvalue weighted by Crippen LogP contribution is -2.49. The summed E-state index contributed by atoms with van der Waals surface area (Å²) in [5, 5.41) is 8.61. The highest BCUT2D eigenvalue weighted by molar-refractivity contribution is 5.77. The molecule has 1 fully saturated rings. The van der Waals surface area contributed by atoms with Crippen molar-refractivity contribution >= 4 is 5.91 Å². The fourth-order valence-electron chi connectivity index (χ4n) is 1.41. The van der Waals surface area contributed by atoms with Gasteiger partial charge in [-0.15, -0.1) is 0 Å². The lowest BCUT2D eigenvalue weighted by atomic mass is 10.3. The van der Waals surface area contributed by atoms with Gasteiger partial charge in [-0.05, 0) is 6.54 Å². The average Bonchev–Trinajstić information content (AvgIpc) is 2.17. The van der Waals surface area contributed by atoms with Crippen molar-refractivity contribution < 1.29 is 9.90 Å². The SMILES string of the molecule is CCN1CCN(C(=O)CO)CC1. The summed E-state index contributed by atoms with van der Waals surface area (Å²) in [7, 11) is 0. The summed E-state index contributed by atoms with van der Waals surface area (Å²) in [5.74, 6) is -0.147. The second-order valence-corrected chi connectivity index (χ2v) is 2.97. The number of hydrogen-bond acceptors (Lipinski definition) is 3. The first-order chi connectivity index (χ1) is 5.77. The Labute approximate surface area is 72.8 Å². The molecule has 0 bridgehead atoms. The average molecular weight is 172 g/mol. The highest BCUT2D eigenvalue weighted by Crippen LogP contribution is 2.00. The van der Waals surface area contributed by atoms with Gasteiger partial charge in [0.05, 0.1) is 0 Å². The van der Waals surface area contributed by atoms with Crippen LogP contribution in [0.1, 0.15) is 6.92 Å². The van der Waals surface area contributed by atoms with E-state index in [1.165, 1.54) is 0 Å². The highest BCUT2D eigenvalue weighted by Gasteiger charge is 2.18. The molecule has 0 unspecified atom stereocenters. The fraction of sp³-hybridized carbons (Fsp3) is 0.875. The van der Waals surface area contributed by atoms with Crippen molar-refractivity contribution in [3.05, 3.63) is 0 Å². The molecule has 0 aromatic rings. The second kappa shape index (κ2) is 4.42. The highest BCUT2D eigenvalue weighted by atomic mass is 16.3. The molecule has 0 radical (unpaired) electrons. The third-order valence-corrected chi connectivity index (χ3v) is 2.31. The third-order valence-electron chi connectivity index (χ3n) is 2.31. The number of likely N-dealkylation sites (N-methyl/N-ethyl adjacent to an activating group) is 1. The first-order valence-corrected chi connectivity index (χ1v) is 4.39. The smallest absolute Gasteiger partial charge is 0.248 e. The molecule has 4 heteroatoms. The van der Waals surface area contributed by atoms with E-state index < -0.39 is 0 Å². The molecule has 0 aliphatic carbocycles. The quantitative estimate of drug-likeness (QED) is 0.589. The van der Waals surface area contributed by atoms with Crippen molar-refractivity contribution in [2.24, 2.45) is 0 Å². The number of carbonyl (C=O) groups excluding carboxylic acids is 1. The minimum atomic E-state index is -0.355. The van der Waals surface area contributed by atoms with Crippen LogP contribution < -0.4 is 0 Å². The molecule has 1 rings (SSSR count). The number of carbonyl (C=O) groups is 1. The minimum Gasteiger partial charge on any atom is -0.387 e. The van der Waals surface area contributed by atoms with Gasteiger partial charge in [0, 0.05) is 26.2 Å². The van der Waals surface area contributed by atoms with Gasteiger partial charge in [-0.3, -0.25) is 4.79 Å². The van der Waals surface area contributed by atoms with Crippen LogP contribution in [0.5, 0.6) is 0 Å². The van der Waals surface area contributed by atoms with Gasteiger partial charge in [0.15, 0.2) is 0 Å². The van der Waals surface area contributed by atoms with Crippen LogP contribution in [0.2, 0.25) is 0 Å². The number of rotatable bonds is 2. The Morgan fingerprint density at radius 2 is 1.92 bits per heavy atom. The summed E-state index contributed by atoms with van der Waals surface area (Å²) >= 11 is 0. The Balaban J connectivity index is 2.30. The van der Waals surface area contributed by atoms with Crippen LogP contribution in [0, 0.1) is 0 Å². The maximum absolute atomic E-state index is 11.0. The van der Waals surface area contributed by atoms with Crippen molar-refractivity contribution in [2.75, 3.05) is 39.3 Å². The van der Waals surface area contributed by atoms with Gasteiger partial charge >= 0.3 is 0 Å². The third kappa shape index (κ3) is 2.19. The lowest BCUT2D eigenvalue weighted by Gasteiger charge is -2.33. The molecule has 1 amide bonds. The molecular formula is C8H16N2O2. The summed E-state index contributed by atoms with van der Waals surface area (Å²) in [5.41, 5.74) is 0. The van der Waals surface area contributed by atoms with Gasteiger partial charge < -0.3 is 14.9 Å². The summed E-state index contributed by atoms with van der Waals surface area (Å²) in [4.78, 5) is 15.0. The largest absolute Gasteiger partial charge is 0.387 e. The maximum atomic E-state index is 11.0. The first-order valence-electron chi connectivity index (χ1n) is 4.39. The van der Waals surface area contributed by atoms with Crippen LogP contribution >= 0.6 is 0 Å². The number of hydrogen-bond donors (Lipinski definition) is 1. The molecule has 12 heavy (non-hydrogen) atoms. The zero-order valence-corrected chi connectivity index (χ0v) is 7.49. The van der Waals surface area contributed by atoms with Crippen molar-refractivity contribution in [2.45, 2.75) is 6.92 Å². The van der Waals surface area contributed by atoms with Crippen LogP contribution in [-0.2, 0) is 4.79 Å². The topological polar surface area (TPSA) is 43.8 Å². The molecule has 70 valence electrons. The van der Waals surface area contributed by atoms with Gasteiger partial charge in [-0.2, -0.15) is 0 Å². The zero-order valence-electron chi connectivity index (χ0n) is 7.49. The van der Waals surface area contributed by atoms with Crippen LogP contribution in [0.3, 0.4) is 0 Å². The maximum Gasteiger partial charge on any atom is 0.248 e. The van der Waals surface area contributed by atoms with Crippen LogP contribution in [-0.4, -0.2) is 60.1 Å². The van der Waals surface area contributed by atoms with Crippen molar-refractivity contribution in [1.29, 1.82) is 0 Å². The fourth-order valence-corrected chi connectivity index (χ4v) is 1.41. The Bertz CT molecular complexity index is 153.